The topological polar surface area (TPSA) is 102 Å². The predicted octanol–water partition coefficient (Wildman–Crippen LogP) is 2.21. The minimum Gasteiger partial charge on any atom is -0.454 e. The van der Waals surface area contributed by atoms with Gasteiger partial charge in [-0.1, -0.05) is 32.8 Å². The van der Waals surface area contributed by atoms with Gasteiger partial charge in [0.2, 0.25) is 10.0 Å². The van der Waals surface area contributed by atoms with E-state index in [1.54, 1.807) is 26.0 Å². The maximum Gasteiger partial charge on any atom is 0.324 e. The molecule has 1 aromatic carbocycles. The van der Waals surface area contributed by atoms with E-state index < -0.39 is 28.6 Å². The lowest BCUT2D eigenvalue weighted by Gasteiger charge is -2.21. The Morgan fingerprint density at radius 1 is 1.14 bits per heavy atom. The number of benzene rings is 1. The smallest absolute Gasteiger partial charge is 0.324 e. The van der Waals surface area contributed by atoms with Crippen LogP contribution < -0.4 is 10.0 Å². The van der Waals surface area contributed by atoms with Gasteiger partial charge in [-0.15, -0.1) is 0 Å². The molecule has 2 N–H and O–H groups in total. The second-order valence-corrected chi connectivity index (χ2v) is 9.46. The van der Waals surface area contributed by atoms with Gasteiger partial charge < -0.3 is 10.1 Å². The molecule has 0 unspecified atom stereocenters. The van der Waals surface area contributed by atoms with Crippen LogP contribution in [0.5, 0.6) is 0 Å². The fourth-order valence-corrected chi connectivity index (χ4v) is 4.56. The number of carbonyl (C=O) groups excluding carboxylic acids is 2. The highest BCUT2D eigenvalue weighted by atomic mass is 32.2. The SMILES string of the molecule is Cc1ccc(S(=O)(=O)N[C@@H](C(=O)OCC(=O)NC2CCCC2)C(C)C)cc1C. The van der Waals surface area contributed by atoms with Crippen molar-refractivity contribution in [3.05, 3.63) is 29.3 Å². The van der Waals surface area contributed by atoms with Crippen molar-refractivity contribution >= 4 is 21.9 Å². The van der Waals surface area contributed by atoms with Crippen LogP contribution in [0.15, 0.2) is 23.1 Å². The van der Waals surface area contributed by atoms with Crippen LogP contribution in [-0.2, 0) is 24.3 Å². The van der Waals surface area contributed by atoms with Gasteiger partial charge in [-0.3, -0.25) is 9.59 Å². The first-order valence-corrected chi connectivity index (χ1v) is 11.1. The molecule has 8 heteroatoms. The summed E-state index contributed by atoms with van der Waals surface area (Å²) in [6.07, 6.45) is 4.04. The van der Waals surface area contributed by atoms with E-state index in [2.05, 4.69) is 10.0 Å². The van der Waals surface area contributed by atoms with E-state index in [0.29, 0.717) is 0 Å². The van der Waals surface area contributed by atoms with E-state index in [1.807, 2.05) is 13.8 Å². The Labute approximate surface area is 167 Å². The van der Waals surface area contributed by atoms with Gasteiger partial charge in [0.15, 0.2) is 6.61 Å². The molecule has 2 rings (SSSR count). The molecule has 0 aromatic heterocycles. The Kier molecular flexibility index (Phi) is 7.60. The van der Waals surface area contributed by atoms with Gasteiger partial charge in [-0.25, -0.2) is 8.42 Å². The minimum atomic E-state index is -3.90. The van der Waals surface area contributed by atoms with Crippen molar-refractivity contribution in [1.29, 1.82) is 0 Å². The molecule has 1 aromatic rings. The highest BCUT2D eigenvalue weighted by Gasteiger charge is 2.30. The van der Waals surface area contributed by atoms with Crippen LogP contribution in [0, 0.1) is 19.8 Å². The van der Waals surface area contributed by atoms with Crippen LogP contribution in [0.4, 0.5) is 0 Å². The number of aryl methyl sites for hydroxylation is 2. The summed E-state index contributed by atoms with van der Waals surface area (Å²) in [6.45, 7) is 6.74. The van der Waals surface area contributed by atoms with Crippen molar-refractivity contribution < 1.29 is 22.7 Å². The Hall–Kier alpha value is -1.93. The second kappa shape index (κ2) is 9.52. The van der Waals surface area contributed by atoms with Crippen LogP contribution >= 0.6 is 0 Å². The maximum absolute atomic E-state index is 12.7. The van der Waals surface area contributed by atoms with Crippen molar-refractivity contribution in [2.45, 2.75) is 70.4 Å². The van der Waals surface area contributed by atoms with Crippen LogP contribution in [0.25, 0.3) is 0 Å². The lowest BCUT2D eigenvalue weighted by molar-refractivity contribution is -0.151. The highest BCUT2D eigenvalue weighted by Crippen LogP contribution is 2.18. The molecule has 0 saturated heterocycles. The molecule has 0 bridgehead atoms. The van der Waals surface area contributed by atoms with Crippen LogP contribution in [0.1, 0.15) is 50.7 Å². The lowest BCUT2D eigenvalue weighted by atomic mass is 10.1. The van der Waals surface area contributed by atoms with Crippen molar-refractivity contribution in [1.82, 2.24) is 10.0 Å². The number of esters is 1. The molecule has 1 amide bonds. The summed E-state index contributed by atoms with van der Waals surface area (Å²) in [4.78, 5) is 24.5. The van der Waals surface area contributed by atoms with Crippen LogP contribution in [-0.4, -0.2) is 39.0 Å². The van der Waals surface area contributed by atoms with E-state index >= 15 is 0 Å². The van der Waals surface area contributed by atoms with Crippen molar-refractivity contribution in [2.24, 2.45) is 5.92 Å². The van der Waals surface area contributed by atoms with Gasteiger partial charge in [0.25, 0.3) is 5.91 Å². The van der Waals surface area contributed by atoms with E-state index in [-0.39, 0.29) is 22.8 Å². The van der Waals surface area contributed by atoms with Gasteiger partial charge in [0, 0.05) is 6.04 Å². The van der Waals surface area contributed by atoms with Crippen molar-refractivity contribution in [3.8, 4) is 0 Å². The number of rotatable bonds is 8. The molecule has 1 saturated carbocycles. The second-order valence-electron chi connectivity index (χ2n) is 7.75. The van der Waals surface area contributed by atoms with Gasteiger partial charge in [-0.05, 0) is 55.9 Å². The number of hydrogen-bond donors (Lipinski definition) is 2. The predicted molar refractivity (Wildman–Crippen MR) is 106 cm³/mol. The lowest BCUT2D eigenvalue weighted by Crippen LogP contribution is -2.46. The summed E-state index contributed by atoms with van der Waals surface area (Å²) in [7, 11) is -3.90. The Morgan fingerprint density at radius 2 is 1.79 bits per heavy atom. The normalized spacial score (nSPS) is 16.2. The van der Waals surface area contributed by atoms with Crippen LogP contribution in [0.3, 0.4) is 0 Å². The van der Waals surface area contributed by atoms with E-state index in [9.17, 15) is 18.0 Å². The highest BCUT2D eigenvalue weighted by molar-refractivity contribution is 7.89. The summed E-state index contributed by atoms with van der Waals surface area (Å²) >= 11 is 0. The zero-order valence-electron chi connectivity index (χ0n) is 16.9. The third-order valence-electron chi connectivity index (χ3n) is 5.06. The number of carbonyl (C=O) groups is 2. The molecule has 28 heavy (non-hydrogen) atoms. The Morgan fingerprint density at radius 3 is 2.36 bits per heavy atom. The average molecular weight is 411 g/mol. The fourth-order valence-electron chi connectivity index (χ4n) is 3.14. The van der Waals surface area contributed by atoms with Crippen LogP contribution in [0.2, 0.25) is 0 Å². The van der Waals surface area contributed by atoms with Crippen molar-refractivity contribution in [2.75, 3.05) is 6.61 Å². The first kappa shape index (κ1) is 22.4. The standard InChI is InChI=1S/C20H30N2O5S/c1-13(2)19(20(24)27-12-18(23)21-16-7-5-6-8-16)22-28(25,26)17-10-9-14(3)15(4)11-17/h9-11,13,16,19,22H,5-8,12H2,1-4H3,(H,21,23)/t19-/m1/s1. The fraction of sp³-hybridized carbons (Fsp3) is 0.600. The monoisotopic (exact) mass is 410 g/mol. The first-order chi connectivity index (χ1) is 13.1. The molecule has 1 atom stereocenters. The number of nitrogens with one attached hydrogen (secondary N) is 2. The first-order valence-electron chi connectivity index (χ1n) is 9.65. The third kappa shape index (κ3) is 6.04. The minimum absolute atomic E-state index is 0.0908. The zero-order chi connectivity index (χ0) is 20.9. The third-order valence-corrected chi connectivity index (χ3v) is 6.50. The molecule has 156 valence electrons. The molecule has 0 spiro atoms. The number of amides is 1. The molecule has 1 fully saturated rings. The summed E-state index contributed by atoms with van der Waals surface area (Å²) < 4.78 is 32.9. The summed E-state index contributed by atoms with van der Waals surface area (Å²) in [5.41, 5.74) is 1.82. The Balaban J connectivity index is 1.99. The summed E-state index contributed by atoms with van der Waals surface area (Å²) in [5.74, 6) is -1.46. The molecule has 1 aliphatic rings. The molecule has 0 radical (unpaired) electrons. The quantitative estimate of drug-likeness (QED) is 0.640. The van der Waals surface area contributed by atoms with Gasteiger partial charge >= 0.3 is 5.97 Å². The van der Waals surface area contributed by atoms with E-state index in [4.69, 9.17) is 4.74 Å². The largest absolute Gasteiger partial charge is 0.454 e. The van der Waals surface area contributed by atoms with E-state index in [0.717, 1.165) is 36.8 Å². The maximum atomic E-state index is 12.7. The molecule has 0 heterocycles. The average Bonchev–Trinajstić information content (AvgIpc) is 3.12. The van der Waals surface area contributed by atoms with Gasteiger partial charge in [0.1, 0.15) is 6.04 Å². The molecule has 0 aliphatic heterocycles. The molecule has 7 nitrogen and oxygen atoms in total. The molecular formula is C20H30N2O5S. The molecular weight excluding hydrogens is 380 g/mol. The zero-order valence-corrected chi connectivity index (χ0v) is 17.8. The molecule has 1 aliphatic carbocycles. The van der Waals surface area contributed by atoms with Crippen molar-refractivity contribution in [3.63, 3.8) is 0 Å². The van der Waals surface area contributed by atoms with Gasteiger partial charge in [-0.2, -0.15) is 4.72 Å². The summed E-state index contributed by atoms with van der Waals surface area (Å²) in [5, 5.41) is 2.83. The van der Waals surface area contributed by atoms with Gasteiger partial charge in [0.05, 0.1) is 4.90 Å². The number of sulfonamides is 1. The van der Waals surface area contributed by atoms with E-state index in [1.165, 1.54) is 6.07 Å². The number of ether oxygens (including phenoxy) is 1. The summed E-state index contributed by atoms with van der Waals surface area (Å²) in [6, 6.07) is 3.85. The number of hydrogen-bond acceptors (Lipinski definition) is 5. The Bertz CT molecular complexity index is 814.